The SMILES string of the molecule is Nc1[nH]c(=O)ncc1F.Nc1ccn([C@@H]2O[C@H](CO)[C@@H](O)[C@@H]2O)c(=O)n1. The van der Waals surface area contributed by atoms with E-state index in [2.05, 4.69) is 9.97 Å². The van der Waals surface area contributed by atoms with Crippen molar-refractivity contribution in [2.24, 2.45) is 0 Å². The largest absolute Gasteiger partial charge is 0.394 e. The Morgan fingerprint density at radius 1 is 1.31 bits per heavy atom. The molecule has 0 aliphatic carbocycles. The number of aromatic amines is 1. The number of nitrogens with two attached hydrogens (primary N) is 2. The Hall–Kier alpha value is -2.87. The summed E-state index contributed by atoms with van der Waals surface area (Å²) in [5.41, 5.74) is 8.94. The molecule has 26 heavy (non-hydrogen) atoms. The third-order valence-corrected chi connectivity index (χ3v) is 3.44. The summed E-state index contributed by atoms with van der Waals surface area (Å²) in [6, 6.07) is 1.37. The fourth-order valence-corrected chi connectivity index (χ4v) is 2.12. The molecule has 0 radical (unpaired) electrons. The number of H-pyrrole nitrogens is 1. The van der Waals surface area contributed by atoms with Crippen LogP contribution in [0.25, 0.3) is 0 Å². The fraction of sp³-hybridized carbons (Fsp3) is 0.385. The molecule has 0 amide bonds. The fourth-order valence-electron chi connectivity index (χ4n) is 2.12. The number of nitrogen functional groups attached to an aromatic ring is 2. The number of rotatable bonds is 2. The van der Waals surface area contributed by atoms with Gasteiger partial charge in [-0.2, -0.15) is 9.97 Å². The van der Waals surface area contributed by atoms with Gasteiger partial charge in [-0.25, -0.2) is 14.0 Å². The van der Waals surface area contributed by atoms with Gasteiger partial charge in [0.15, 0.2) is 12.0 Å². The number of hydrogen-bond acceptors (Lipinski definition) is 10. The van der Waals surface area contributed by atoms with E-state index in [1.807, 2.05) is 4.98 Å². The molecule has 142 valence electrons. The van der Waals surface area contributed by atoms with Gasteiger partial charge in [0.1, 0.15) is 29.9 Å². The maximum atomic E-state index is 12.1. The van der Waals surface area contributed by atoms with Gasteiger partial charge in [0, 0.05) is 6.20 Å². The molecule has 0 unspecified atom stereocenters. The molecular weight excluding hydrogens is 355 g/mol. The normalized spacial score (nSPS) is 24.8. The number of aromatic nitrogens is 4. The van der Waals surface area contributed by atoms with Gasteiger partial charge >= 0.3 is 11.4 Å². The zero-order valence-corrected chi connectivity index (χ0v) is 13.2. The molecule has 0 spiro atoms. The third kappa shape index (κ3) is 4.20. The molecule has 3 heterocycles. The molecule has 0 bridgehead atoms. The first-order valence-electron chi connectivity index (χ1n) is 7.22. The quantitative estimate of drug-likeness (QED) is 0.314. The molecule has 1 aliphatic rings. The van der Waals surface area contributed by atoms with Crippen LogP contribution in [0.1, 0.15) is 6.23 Å². The first-order chi connectivity index (χ1) is 12.2. The van der Waals surface area contributed by atoms with Crippen LogP contribution in [0.3, 0.4) is 0 Å². The molecule has 4 atom stereocenters. The lowest BCUT2D eigenvalue weighted by atomic mass is 10.1. The van der Waals surface area contributed by atoms with Crippen molar-refractivity contribution in [3.8, 4) is 0 Å². The Labute approximate surface area is 144 Å². The molecule has 8 N–H and O–H groups in total. The van der Waals surface area contributed by atoms with E-state index in [4.69, 9.17) is 21.3 Å². The highest BCUT2D eigenvalue weighted by Crippen LogP contribution is 2.27. The van der Waals surface area contributed by atoms with Crippen molar-refractivity contribution >= 4 is 11.6 Å². The second-order valence-electron chi connectivity index (χ2n) is 5.22. The number of nitrogens with one attached hydrogen (secondary N) is 1. The minimum atomic E-state index is -1.31. The third-order valence-electron chi connectivity index (χ3n) is 3.44. The second-order valence-corrected chi connectivity index (χ2v) is 5.22. The van der Waals surface area contributed by atoms with E-state index in [1.165, 1.54) is 12.3 Å². The van der Waals surface area contributed by atoms with E-state index in [0.717, 1.165) is 10.8 Å². The predicted octanol–water partition coefficient (Wildman–Crippen LogP) is -3.07. The standard InChI is InChI=1S/C9H13N3O5.C4H4FN3O/c10-5-1-2-12(9(16)11-5)8-7(15)6(14)4(3-13)17-8;5-2-1-7-4(9)8-3(2)6/h1-2,4,6-8,13-15H,3H2,(H2,10,11,16);1H,(H3,6,7,8,9)/t4-,6-,7+,8-;/m1./s1. The average Bonchev–Trinajstić information content (AvgIpc) is 2.87. The van der Waals surface area contributed by atoms with Gasteiger partial charge < -0.3 is 31.5 Å². The Morgan fingerprint density at radius 2 is 2.00 bits per heavy atom. The van der Waals surface area contributed by atoms with Gasteiger partial charge in [-0.15, -0.1) is 0 Å². The van der Waals surface area contributed by atoms with Crippen LogP contribution in [0.5, 0.6) is 0 Å². The molecule has 13 heteroatoms. The van der Waals surface area contributed by atoms with E-state index in [-0.39, 0.29) is 11.6 Å². The molecule has 3 rings (SSSR count). The van der Waals surface area contributed by atoms with Crippen molar-refractivity contribution in [3.05, 3.63) is 45.2 Å². The average molecular weight is 372 g/mol. The predicted molar refractivity (Wildman–Crippen MR) is 85.1 cm³/mol. The van der Waals surface area contributed by atoms with E-state index in [1.54, 1.807) is 0 Å². The summed E-state index contributed by atoms with van der Waals surface area (Å²) in [5, 5.41) is 28.2. The summed E-state index contributed by atoms with van der Waals surface area (Å²) >= 11 is 0. The topological polar surface area (TPSA) is 203 Å². The van der Waals surface area contributed by atoms with Crippen LogP contribution in [0, 0.1) is 5.82 Å². The van der Waals surface area contributed by atoms with Crippen LogP contribution in [0.4, 0.5) is 16.0 Å². The summed E-state index contributed by atoms with van der Waals surface area (Å²) < 4.78 is 18.3. The number of nitrogens with zero attached hydrogens (tertiary/aromatic N) is 3. The minimum absolute atomic E-state index is 0.0537. The number of ether oxygens (including phenoxy) is 1. The summed E-state index contributed by atoms with van der Waals surface area (Å²) in [5.74, 6) is -0.942. The smallest absolute Gasteiger partial charge is 0.351 e. The van der Waals surface area contributed by atoms with Gasteiger partial charge in [-0.05, 0) is 6.07 Å². The van der Waals surface area contributed by atoms with Crippen LogP contribution in [-0.4, -0.2) is 59.8 Å². The monoisotopic (exact) mass is 372 g/mol. The maximum absolute atomic E-state index is 12.1. The van der Waals surface area contributed by atoms with Gasteiger partial charge in [0.25, 0.3) is 0 Å². The molecule has 0 saturated carbocycles. The van der Waals surface area contributed by atoms with Crippen LogP contribution in [-0.2, 0) is 4.74 Å². The summed E-state index contributed by atoms with van der Waals surface area (Å²) in [6.07, 6.45) is -2.49. The lowest BCUT2D eigenvalue weighted by Gasteiger charge is -2.16. The van der Waals surface area contributed by atoms with Crippen LogP contribution in [0.2, 0.25) is 0 Å². The second kappa shape index (κ2) is 8.01. The number of hydrogen-bond donors (Lipinski definition) is 6. The van der Waals surface area contributed by atoms with E-state index in [0.29, 0.717) is 0 Å². The van der Waals surface area contributed by atoms with Crippen LogP contribution in [0.15, 0.2) is 28.0 Å². The van der Waals surface area contributed by atoms with Gasteiger partial charge in [-0.3, -0.25) is 9.55 Å². The summed E-state index contributed by atoms with van der Waals surface area (Å²) in [6.45, 7) is -0.453. The molecular formula is C13H17FN6O6. The molecule has 12 nitrogen and oxygen atoms in total. The number of anilines is 2. The number of aliphatic hydroxyl groups is 3. The number of aliphatic hydroxyl groups excluding tert-OH is 3. The number of halogens is 1. The summed E-state index contributed by atoms with van der Waals surface area (Å²) in [7, 11) is 0. The maximum Gasteiger partial charge on any atom is 0.351 e. The van der Waals surface area contributed by atoms with Gasteiger partial charge in [0.05, 0.1) is 12.8 Å². The highest BCUT2D eigenvalue weighted by Gasteiger charge is 2.43. The Morgan fingerprint density at radius 3 is 2.50 bits per heavy atom. The molecule has 2 aromatic rings. The molecule has 1 fully saturated rings. The van der Waals surface area contributed by atoms with Crippen molar-refractivity contribution in [3.63, 3.8) is 0 Å². The van der Waals surface area contributed by atoms with Crippen LogP contribution < -0.4 is 22.8 Å². The molecule has 0 aromatic carbocycles. The first-order valence-corrected chi connectivity index (χ1v) is 7.22. The lowest BCUT2D eigenvalue weighted by Crippen LogP contribution is -2.36. The van der Waals surface area contributed by atoms with Gasteiger partial charge in [-0.1, -0.05) is 0 Å². The highest BCUT2D eigenvalue weighted by atomic mass is 19.1. The van der Waals surface area contributed by atoms with Crippen molar-refractivity contribution in [2.45, 2.75) is 24.5 Å². The zero-order chi connectivity index (χ0) is 19.4. The highest BCUT2D eigenvalue weighted by molar-refractivity contribution is 5.25. The van der Waals surface area contributed by atoms with Crippen LogP contribution >= 0.6 is 0 Å². The van der Waals surface area contributed by atoms with E-state index < -0.39 is 48.3 Å². The minimum Gasteiger partial charge on any atom is -0.394 e. The molecule has 1 saturated heterocycles. The first kappa shape index (κ1) is 19.5. The van der Waals surface area contributed by atoms with E-state index in [9.17, 15) is 24.2 Å². The zero-order valence-electron chi connectivity index (χ0n) is 13.2. The van der Waals surface area contributed by atoms with E-state index >= 15 is 0 Å². The molecule has 1 aliphatic heterocycles. The summed E-state index contributed by atoms with van der Waals surface area (Å²) in [4.78, 5) is 30.3. The Balaban J connectivity index is 0.000000228. The van der Waals surface area contributed by atoms with Crippen molar-refractivity contribution in [1.29, 1.82) is 0 Å². The van der Waals surface area contributed by atoms with Crippen molar-refractivity contribution < 1.29 is 24.4 Å². The van der Waals surface area contributed by atoms with Crippen molar-refractivity contribution in [1.82, 2.24) is 19.5 Å². The Kier molecular flexibility index (Phi) is 5.99. The van der Waals surface area contributed by atoms with Gasteiger partial charge in [0.2, 0.25) is 0 Å². The molecule has 2 aromatic heterocycles. The lowest BCUT2D eigenvalue weighted by molar-refractivity contribution is -0.0549. The van der Waals surface area contributed by atoms with Crippen molar-refractivity contribution in [2.75, 3.05) is 18.1 Å². The Bertz CT molecular complexity index is 873.